The van der Waals surface area contributed by atoms with Gasteiger partial charge in [0.25, 0.3) is 0 Å². The van der Waals surface area contributed by atoms with Crippen molar-refractivity contribution in [3.05, 3.63) is 35.4 Å². The molecule has 3 nitrogen and oxygen atoms in total. The van der Waals surface area contributed by atoms with Crippen LogP contribution in [0.1, 0.15) is 29.8 Å². The lowest BCUT2D eigenvalue weighted by molar-refractivity contribution is -0.122. The third-order valence-corrected chi connectivity index (χ3v) is 2.38. The predicted octanol–water partition coefficient (Wildman–Crippen LogP) is 1.26. The van der Waals surface area contributed by atoms with E-state index in [-0.39, 0.29) is 5.91 Å². The first-order valence-electron chi connectivity index (χ1n) is 4.34. The molecule has 0 aliphatic heterocycles. The summed E-state index contributed by atoms with van der Waals surface area (Å²) in [5.74, 6) is -0.378. The second kappa shape index (κ2) is 3.62. The largest absolute Gasteiger partial charge is 0.369 e. The Morgan fingerprint density at radius 3 is 2.14 bits per heavy atom. The Labute approximate surface area is 82.9 Å². The molecule has 0 atom stereocenters. The van der Waals surface area contributed by atoms with Crippen molar-refractivity contribution in [1.29, 1.82) is 0 Å². The lowest BCUT2D eigenvalue weighted by Crippen LogP contribution is -2.35. The molecule has 0 saturated heterocycles. The monoisotopic (exact) mass is 191 g/mol. The summed E-state index contributed by atoms with van der Waals surface area (Å²) in [6.07, 6.45) is 0.765. The molecule has 0 aliphatic rings. The van der Waals surface area contributed by atoms with E-state index in [1.165, 1.54) is 0 Å². The maximum absolute atomic E-state index is 11.1. The molecule has 0 heterocycles. The van der Waals surface area contributed by atoms with Gasteiger partial charge in [0.15, 0.2) is 0 Å². The van der Waals surface area contributed by atoms with Crippen molar-refractivity contribution in [1.82, 2.24) is 0 Å². The third kappa shape index (κ3) is 1.82. The van der Waals surface area contributed by atoms with E-state index >= 15 is 0 Å². The van der Waals surface area contributed by atoms with Gasteiger partial charge in [-0.1, -0.05) is 24.3 Å². The van der Waals surface area contributed by atoms with Crippen molar-refractivity contribution in [2.75, 3.05) is 0 Å². The van der Waals surface area contributed by atoms with Gasteiger partial charge >= 0.3 is 0 Å². The van der Waals surface area contributed by atoms with Crippen LogP contribution < -0.4 is 5.73 Å². The van der Waals surface area contributed by atoms with E-state index in [4.69, 9.17) is 5.73 Å². The van der Waals surface area contributed by atoms with Crippen LogP contribution in [0.5, 0.6) is 0 Å². The lowest BCUT2D eigenvalue weighted by Gasteiger charge is -2.20. The summed E-state index contributed by atoms with van der Waals surface area (Å²) in [7, 11) is 0. The minimum Gasteiger partial charge on any atom is -0.369 e. The molecule has 1 aromatic carbocycles. The third-order valence-electron chi connectivity index (χ3n) is 2.38. The van der Waals surface area contributed by atoms with Gasteiger partial charge in [0.2, 0.25) is 5.91 Å². The number of primary amides is 1. The molecular formula is C11H13NO2. The average molecular weight is 191 g/mol. The van der Waals surface area contributed by atoms with Gasteiger partial charge in [0.05, 0.1) is 5.41 Å². The van der Waals surface area contributed by atoms with Crippen LogP contribution >= 0.6 is 0 Å². The normalized spacial score (nSPS) is 11.0. The first-order chi connectivity index (χ1) is 6.48. The van der Waals surface area contributed by atoms with E-state index in [1.54, 1.807) is 38.1 Å². The number of amides is 1. The van der Waals surface area contributed by atoms with Gasteiger partial charge < -0.3 is 5.73 Å². The Balaban J connectivity index is 3.08. The molecule has 2 N–H and O–H groups in total. The van der Waals surface area contributed by atoms with Gasteiger partial charge in [0.1, 0.15) is 6.29 Å². The number of hydrogen-bond donors (Lipinski definition) is 1. The minimum absolute atomic E-state index is 0.378. The number of carbonyl (C=O) groups excluding carboxylic acids is 2. The van der Waals surface area contributed by atoms with E-state index in [2.05, 4.69) is 0 Å². The van der Waals surface area contributed by atoms with Crippen LogP contribution in [0.4, 0.5) is 0 Å². The van der Waals surface area contributed by atoms with Crippen molar-refractivity contribution in [2.24, 2.45) is 5.73 Å². The number of nitrogens with two attached hydrogens (primary N) is 1. The van der Waals surface area contributed by atoms with Gasteiger partial charge in [-0.05, 0) is 19.4 Å². The molecule has 3 heteroatoms. The van der Waals surface area contributed by atoms with Crippen LogP contribution in [0.25, 0.3) is 0 Å². The molecule has 0 bridgehead atoms. The van der Waals surface area contributed by atoms with Crippen molar-refractivity contribution >= 4 is 12.2 Å². The Morgan fingerprint density at radius 2 is 1.79 bits per heavy atom. The van der Waals surface area contributed by atoms with Gasteiger partial charge in [0, 0.05) is 5.56 Å². The Hall–Kier alpha value is -1.64. The van der Waals surface area contributed by atoms with Crippen LogP contribution in [0.2, 0.25) is 0 Å². The fraction of sp³-hybridized carbons (Fsp3) is 0.273. The van der Waals surface area contributed by atoms with E-state index in [0.717, 1.165) is 11.8 Å². The number of hydrogen-bond acceptors (Lipinski definition) is 2. The molecule has 1 amide bonds. The fourth-order valence-corrected chi connectivity index (χ4v) is 1.12. The van der Waals surface area contributed by atoms with Crippen LogP contribution in [-0.2, 0) is 10.2 Å². The highest BCUT2D eigenvalue weighted by Crippen LogP contribution is 2.22. The van der Waals surface area contributed by atoms with E-state index in [1.807, 2.05) is 0 Å². The molecule has 14 heavy (non-hydrogen) atoms. The summed E-state index contributed by atoms with van der Waals surface area (Å²) < 4.78 is 0. The Morgan fingerprint density at radius 1 is 1.29 bits per heavy atom. The summed E-state index contributed by atoms with van der Waals surface area (Å²) >= 11 is 0. The fourth-order valence-electron chi connectivity index (χ4n) is 1.12. The van der Waals surface area contributed by atoms with Gasteiger partial charge in [-0.2, -0.15) is 0 Å². The first kappa shape index (κ1) is 10.4. The molecule has 74 valence electrons. The molecule has 0 fully saturated rings. The summed E-state index contributed by atoms with van der Waals surface area (Å²) in [5, 5.41) is 0. The van der Waals surface area contributed by atoms with E-state index < -0.39 is 5.41 Å². The maximum Gasteiger partial charge on any atom is 0.227 e. The molecule has 1 rings (SSSR count). The van der Waals surface area contributed by atoms with Crippen LogP contribution in [0.3, 0.4) is 0 Å². The van der Waals surface area contributed by atoms with Crippen LogP contribution in [0, 0.1) is 0 Å². The van der Waals surface area contributed by atoms with Gasteiger partial charge in [-0.3, -0.25) is 9.59 Å². The zero-order valence-corrected chi connectivity index (χ0v) is 8.28. The zero-order chi connectivity index (χ0) is 10.8. The molecule has 0 radical (unpaired) electrons. The highest BCUT2D eigenvalue weighted by molar-refractivity contribution is 5.86. The van der Waals surface area contributed by atoms with Gasteiger partial charge in [-0.15, -0.1) is 0 Å². The predicted molar refractivity (Wildman–Crippen MR) is 54.0 cm³/mol. The zero-order valence-electron chi connectivity index (χ0n) is 8.28. The molecule has 1 aromatic rings. The molecule has 0 saturated carbocycles. The number of carbonyl (C=O) groups is 2. The highest BCUT2D eigenvalue weighted by atomic mass is 16.1. The molecular weight excluding hydrogens is 178 g/mol. The standard InChI is InChI=1S/C11H13NO2/c1-11(2,10(12)14)9-5-3-8(7-13)4-6-9/h3-7H,1-2H3,(H2,12,14). The maximum atomic E-state index is 11.1. The molecule has 0 aliphatic carbocycles. The van der Waals surface area contributed by atoms with Gasteiger partial charge in [-0.25, -0.2) is 0 Å². The molecule has 0 aromatic heterocycles. The van der Waals surface area contributed by atoms with Crippen LogP contribution in [-0.4, -0.2) is 12.2 Å². The summed E-state index contributed by atoms with van der Waals surface area (Å²) in [4.78, 5) is 21.5. The second-order valence-electron chi connectivity index (χ2n) is 3.73. The smallest absolute Gasteiger partial charge is 0.227 e. The SMILES string of the molecule is CC(C)(C(N)=O)c1ccc(C=O)cc1. The molecule has 0 spiro atoms. The first-order valence-corrected chi connectivity index (χ1v) is 4.34. The number of aldehydes is 1. The molecule has 0 unspecified atom stereocenters. The summed E-state index contributed by atoms with van der Waals surface area (Å²) in [6.45, 7) is 3.51. The van der Waals surface area contributed by atoms with Crippen molar-refractivity contribution in [2.45, 2.75) is 19.3 Å². The summed E-state index contributed by atoms with van der Waals surface area (Å²) in [5.41, 5.74) is 5.98. The topological polar surface area (TPSA) is 60.2 Å². The second-order valence-corrected chi connectivity index (χ2v) is 3.73. The average Bonchev–Trinajstić information content (AvgIpc) is 2.17. The van der Waals surface area contributed by atoms with Crippen molar-refractivity contribution < 1.29 is 9.59 Å². The minimum atomic E-state index is -0.693. The van der Waals surface area contributed by atoms with Crippen molar-refractivity contribution in [3.63, 3.8) is 0 Å². The van der Waals surface area contributed by atoms with Crippen molar-refractivity contribution in [3.8, 4) is 0 Å². The van der Waals surface area contributed by atoms with Crippen LogP contribution in [0.15, 0.2) is 24.3 Å². The number of benzene rings is 1. The Kier molecular flexibility index (Phi) is 2.70. The quantitative estimate of drug-likeness (QED) is 0.731. The lowest BCUT2D eigenvalue weighted by atomic mass is 9.84. The Bertz CT molecular complexity index is 352. The van der Waals surface area contributed by atoms with E-state index in [9.17, 15) is 9.59 Å². The highest BCUT2D eigenvalue weighted by Gasteiger charge is 2.26. The van der Waals surface area contributed by atoms with E-state index in [0.29, 0.717) is 5.56 Å². The summed E-state index contributed by atoms with van der Waals surface area (Å²) in [6, 6.07) is 6.84. The number of rotatable bonds is 3.